The third-order valence-electron chi connectivity index (χ3n) is 6.43. The van der Waals surface area contributed by atoms with Crippen LogP contribution in [-0.2, 0) is 5.60 Å². The quantitative estimate of drug-likeness (QED) is 0.316. The van der Waals surface area contributed by atoms with Crippen molar-refractivity contribution in [1.82, 2.24) is 9.88 Å². The fourth-order valence-corrected chi connectivity index (χ4v) is 4.57. The van der Waals surface area contributed by atoms with Gasteiger partial charge < -0.3 is 10.8 Å². The number of imide groups is 1. The molecule has 0 saturated carbocycles. The number of anilines is 1. The molecule has 1 aliphatic heterocycles. The SMILES string of the molecule is Cc1ccc(C(O)(c2ccc(C)cc2)c2ccccc2-n2c(N)c3c(cc2=O)C(=O)NC3=O)cc1. The van der Waals surface area contributed by atoms with Gasteiger partial charge in [0.2, 0.25) is 0 Å². The number of rotatable bonds is 4. The molecule has 0 fully saturated rings. The fourth-order valence-electron chi connectivity index (χ4n) is 4.57. The summed E-state index contributed by atoms with van der Waals surface area (Å²) in [5.74, 6) is -1.50. The molecular formula is C28H23N3O4. The number of para-hydroxylation sites is 1. The summed E-state index contributed by atoms with van der Waals surface area (Å²) in [7, 11) is 0. The molecule has 3 aromatic carbocycles. The number of nitrogens with two attached hydrogens (primary N) is 1. The predicted octanol–water partition coefficient (Wildman–Crippen LogP) is 3.20. The summed E-state index contributed by atoms with van der Waals surface area (Å²) in [5, 5.41) is 14.6. The lowest BCUT2D eigenvalue weighted by Gasteiger charge is -2.32. The van der Waals surface area contributed by atoms with Gasteiger partial charge in [-0.25, -0.2) is 0 Å². The number of aromatic nitrogens is 1. The minimum absolute atomic E-state index is 0.0568. The van der Waals surface area contributed by atoms with Gasteiger partial charge in [0.1, 0.15) is 11.4 Å². The Morgan fingerprint density at radius 3 is 1.91 bits per heavy atom. The summed E-state index contributed by atoms with van der Waals surface area (Å²) in [6.07, 6.45) is 0. The summed E-state index contributed by atoms with van der Waals surface area (Å²) >= 11 is 0. The molecule has 0 aliphatic carbocycles. The minimum atomic E-state index is -1.65. The van der Waals surface area contributed by atoms with Gasteiger partial charge >= 0.3 is 0 Å². The number of amides is 2. The molecule has 0 atom stereocenters. The predicted molar refractivity (Wildman–Crippen MR) is 133 cm³/mol. The number of nitrogens with one attached hydrogen (secondary N) is 1. The smallest absolute Gasteiger partial charge is 0.262 e. The van der Waals surface area contributed by atoms with Crippen LogP contribution in [0.25, 0.3) is 5.69 Å². The van der Waals surface area contributed by atoms with E-state index in [2.05, 4.69) is 5.32 Å². The van der Waals surface area contributed by atoms with Crippen molar-refractivity contribution in [3.63, 3.8) is 0 Å². The highest BCUT2D eigenvalue weighted by Gasteiger charge is 2.38. The molecule has 0 radical (unpaired) electrons. The van der Waals surface area contributed by atoms with Gasteiger partial charge in [0, 0.05) is 11.6 Å². The Labute approximate surface area is 201 Å². The Hall–Kier alpha value is -4.49. The van der Waals surface area contributed by atoms with Gasteiger partial charge in [-0.1, -0.05) is 77.9 Å². The molecule has 2 heterocycles. The van der Waals surface area contributed by atoms with Gasteiger partial charge in [-0.2, -0.15) is 0 Å². The maximum atomic E-state index is 13.2. The van der Waals surface area contributed by atoms with Crippen LogP contribution in [-0.4, -0.2) is 21.5 Å². The van der Waals surface area contributed by atoms with E-state index in [-0.39, 0.29) is 16.9 Å². The zero-order valence-corrected chi connectivity index (χ0v) is 19.2. The molecule has 0 bridgehead atoms. The van der Waals surface area contributed by atoms with E-state index in [0.717, 1.165) is 17.2 Å². The normalized spacial score (nSPS) is 13.0. The average Bonchev–Trinajstić information content (AvgIpc) is 3.12. The van der Waals surface area contributed by atoms with Gasteiger partial charge in [0.25, 0.3) is 17.4 Å². The van der Waals surface area contributed by atoms with Crippen LogP contribution in [0.5, 0.6) is 0 Å². The maximum absolute atomic E-state index is 13.2. The van der Waals surface area contributed by atoms with Crippen molar-refractivity contribution in [1.29, 1.82) is 0 Å². The highest BCUT2D eigenvalue weighted by Crippen LogP contribution is 2.40. The second kappa shape index (κ2) is 8.07. The Bertz CT molecular complexity index is 1510. The number of fused-ring (bicyclic) bond motifs is 1. The fraction of sp³-hybridized carbons (Fsp3) is 0.107. The van der Waals surface area contributed by atoms with E-state index in [9.17, 15) is 19.5 Å². The van der Waals surface area contributed by atoms with Crippen LogP contribution in [0.1, 0.15) is 48.5 Å². The van der Waals surface area contributed by atoms with Gasteiger partial charge in [-0.05, 0) is 31.0 Å². The van der Waals surface area contributed by atoms with Crippen LogP contribution in [0.4, 0.5) is 5.82 Å². The van der Waals surface area contributed by atoms with Crippen LogP contribution in [0.3, 0.4) is 0 Å². The Morgan fingerprint density at radius 2 is 1.34 bits per heavy atom. The van der Waals surface area contributed by atoms with Crippen LogP contribution >= 0.6 is 0 Å². The first-order chi connectivity index (χ1) is 16.7. The van der Waals surface area contributed by atoms with Crippen LogP contribution in [0, 0.1) is 13.8 Å². The second-order valence-electron chi connectivity index (χ2n) is 8.73. The third-order valence-corrected chi connectivity index (χ3v) is 6.43. The van der Waals surface area contributed by atoms with Gasteiger partial charge in [-0.15, -0.1) is 0 Å². The highest BCUT2D eigenvalue weighted by atomic mass is 16.3. The molecule has 5 rings (SSSR count). The lowest BCUT2D eigenvalue weighted by Crippen LogP contribution is -2.33. The molecule has 174 valence electrons. The molecule has 2 amide bonds. The molecule has 4 N–H and O–H groups in total. The summed E-state index contributed by atoms with van der Waals surface area (Å²) in [5.41, 5.74) is 7.91. The Balaban J connectivity index is 1.83. The average molecular weight is 466 g/mol. The van der Waals surface area contributed by atoms with E-state index in [1.165, 1.54) is 4.57 Å². The first-order valence-electron chi connectivity index (χ1n) is 11.1. The van der Waals surface area contributed by atoms with Crippen LogP contribution in [0.15, 0.2) is 83.7 Å². The Morgan fingerprint density at radius 1 is 0.800 bits per heavy atom. The highest BCUT2D eigenvalue weighted by molar-refractivity contribution is 6.23. The molecule has 1 aromatic heterocycles. The number of nitrogens with zero attached hydrogens (tertiary/aromatic N) is 1. The zero-order valence-electron chi connectivity index (χ0n) is 19.2. The van der Waals surface area contributed by atoms with Crippen LogP contribution < -0.4 is 16.6 Å². The number of aryl methyl sites for hydroxylation is 2. The first-order valence-corrected chi connectivity index (χ1v) is 11.1. The van der Waals surface area contributed by atoms with E-state index in [4.69, 9.17) is 5.73 Å². The number of hydrogen-bond acceptors (Lipinski definition) is 5. The summed E-state index contributed by atoms with van der Waals surface area (Å²) in [6, 6.07) is 22.9. The Kier molecular flexibility index (Phi) is 5.15. The van der Waals surface area contributed by atoms with Crippen molar-refractivity contribution in [2.45, 2.75) is 19.4 Å². The molecule has 4 aromatic rings. The molecule has 0 spiro atoms. The van der Waals surface area contributed by atoms with Crippen molar-refractivity contribution >= 4 is 17.6 Å². The van der Waals surface area contributed by atoms with Crippen molar-refractivity contribution in [2.24, 2.45) is 0 Å². The van der Waals surface area contributed by atoms with E-state index < -0.39 is 23.0 Å². The molecule has 7 heteroatoms. The number of benzene rings is 3. The lowest BCUT2D eigenvalue weighted by molar-refractivity contribution is 0.0879. The van der Waals surface area contributed by atoms with Crippen LogP contribution in [0.2, 0.25) is 0 Å². The number of carbonyl (C=O) groups is 2. The zero-order chi connectivity index (χ0) is 24.9. The van der Waals surface area contributed by atoms with Gasteiger partial charge in [0.15, 0.2) is 0 Å². The second-order valence-corrected chi connectivity index (χ2v) is 8.73. The number of nitrogen functional groups attached to an aromatic ring is 1. The van der Waals surface area contributed by atoms with Crippen molar-refractivity contribution in [3.05, 3.63) is 128 Å². The van der Waals surface area contributed by atoms with Crippen molar-refractivity contribution in [3.8, 4) is 5.69 Å². The molecule has 0 saturated heterocycles. The number of hydrogen-bond donors (Lipinski definition) is 3. The molecule has 1 aliphatic rings. The summed E-state index contributed by atoms with van der Waals surface area (Å²) < 4.78 is 1.17. The lowest BCUT2D eigenvalue weighted by atomic mass is 9.79. The molecule has 7 nitrogen and oxygen atoms in total. The first kappa shape index (κ1) is 22.3. The number of pyridine rings is 1. The minimum Gasteiger partial charge on any atom is -0.384 e. The standard InChI is InChI=1S/C28H23N3O4/c1-16-7-11-18(12-8-16)28(35,19-13-9-17(2)10-14-19)21-5-3-4-6-22(21)31-23(32)15-20-24(25(31)29)27(34)30-26(20)33/h3-15,35H,29H2,1-2H3,(H,30,33,34). The summed E-state index contributed by atoms with van der Waals surface area (Å²) in [6.45, 7) is 3.92. The van der Waals surface area contributed by atoms with E-state index >= 15 is 0 Å². The van der Waals surface area contributed by atoms with Crippen molar-refractivity contribution in [2.75, 3.05) is 5.73 Å². The summed E-state index contributed by atoms with van der Waals surface area (Å²) in [4.78, 5) is 37.7. The van der Waals surface area contributed by atoms with E-state index in [1.807, 2.05) is 62.4 Å². The topological polar surface area (TPSA) is 114 Å². The maximum Gasteiger partial charge on any atom is 0.262 e. The van der Waals surface area contributed by atoms with E-state index in [1.54, 1.807) is 24.3 Å². The monoisotopic (exact) mass is 465 g/mol. The molecule has 0 unspecified atom stereocenters. The number of carbonyl (C=O) groups excluding carboxylic acids is 2. The third kappa shape index (κ3) is 3.45. The largest absolute Gasteiger partial charge is 0.384 e. The van der Waals surface area contributed by atoms with Gasteiger partial charge in [0.05, 0.1) is 16.8 Å². The van der Waals surface area contributed by atoms with Gasteiger partial charge in [-0.3, -0.25) is 24.3 Å². The van der Waals surface area contributed by atoms with Crippen molar-refractivity contribution < 1.29 is 14.7 Å². The molecular weight excluding hydrogens is 442 g/mol. The van der Waals surface area contributed by atoms with E-state index in [0.29, 0.717) is 22.4 Å². The number of aliphatic hydroxyl groups is 1. The molecule has 35 heavy (non-hydrogen) atoms.